The molecule has 1 unspecified atom stereocenters. The van der Waals surface area contributed by atoms with Gasteiger partial charge in [-0.05, 0) is 19.8 Å². The van der Waals surface area contributed by atoms with Gasteiger partial charge in [0.15, 0.2) is 0 Å². The second kappa shape index (κ2) is 4.79. The Kier molecular flexibility index (Phi) is 4.18. The quantitative estimate of drug-likeness (QED) is 0.685. The number of hydrogen-bond donors (Lipinski definition) is 0. The van der Waals surface area contributed by atoms with Crippen LogP contribution in [0.2, 0.25) is 0 Å². The monoisotopic (exact) mass is 240 g/mol. The summed E-state index contributed by atoms with van der Waals surface area (Å²) in [5.41, 5.74) is 0. The van der Waals surface area contributed by atoms with E-state index in [2.05, 4.69) is 0 Å². The third kappa shape index (κ3) is 2.39. The van der Waals surface area contributed by atoms with Gasteiger partial charge in [0, 0.05) is 32.1 Å². The Morgan fingerprint density at radius 2 is 1.93 bits per heavy atom. The molecule has 0 bridgehead atoms. The second-order valence-corrected chi connectivity index (χ2v) is 5.93. The molecule has 0 aromatic rings. The third-order valence-electron chi connectivity index (χ3n) is 2.60. The Morgan fingerprint density at radius 1 is 1.43 bits per heavy atom. The molecule has 0 spiro atoms. The lowest BCUT2D eigenvalue weighted by Crippen LogP contribution is -2.45. The van der Waals surface area contributed by atoms with Crippen LogP contribution in [0.3, 0.4) is 0 Å². The molecule has 84 valence electrons. The molecule has 0 aliphatic carbocycles. The maximum atomic E-state index is 11.9. The van der Waals surface area contributed by atoms with Crippen LogP contribution in [0, 0.1) is 0 Å². The van der Waals surface area contributed by atoms with Crippen LogP contribution in [0.1, 0.15) is 19.8 Å². The first kappa shape index (κ1) is 12.2. The fraction of sp³-hybridized carbons (Fsp3) is 1.00. The predicted molar refractivity (Wildman–Crippen MR) is 57.7 cm³/mol. The summed E-state index contributed by atoms with van der Waals surface area (Å²) < 4.78 is 26.7. The van der Waals surface area contributed by atoms with Crippen molar-refractivity contribution in [3.8, 4) is 0 Å². The Labute approximate surface area is 91.0 Å². The molecule has 0 N–H and O–H groups in total. The Morgan fingerprint density at radius 3 is 2.36 bits per heavy atom. The molecule has 6 heteroatoms. The van der Waals surface area contributed by atoms with E-state index in [4.69, 9.17) is 11.6 Å². The molecule has 0 aromatic carbocycles. The molecule has 1 rings (SSSR count). The molecule has 14 heavy (non-hydrogen) atoms. The van der Waals surface area contributed by atoms with Gasteiger partial charge in [0.1, 0.15) is 0 Å². The molecule has 1 saturated heterocycles. The fourth-order valence-electron chi connectivity index (χ4n) is 1.43. The normalized spacial score (nSPS) is 21.7. The summed E-state index contributed by atoms with van der Waals surface area (Å²) in [5, 5.41) is 0. The first-order valence-electron chi connectivity index (χ1n) is 4.79. The van der Waals surface area contributed by atoms with Gasteiger partial charge < -0.3 is 0 Å². The highest BCUT2D eigenvalue weighted by molar-refractivity contribution is 7.86. The van der Waals surface area contributed by atoms with Gasteiger partial charge in [0.2, 0.25) is 0 Å². The topological polar surface area (TPSA) is 40.6 Å². The maximum absolute atomic E-state index is 11.9. The first-order chi connectivity index (χ1) is 6.50. The number of halogens is 1. The Bertz CT molecular complexity index is 275. The van der Waals surface area contributed by atoms with E-state index in [0.29, 0.717) is 19.0 Å². The van der Waals surface area contributed by atoms with Crippen LogP contribution in [0.25, 0.3) is 0 Å². The third-order valence-corrected chi connectivity index (χ3v) is 5.15. The van der Waals surface area contributed by atoms with Crippen molar-refractivity contribution < 1.29 is 8.42 Å². The molecule has 0 amide bonds. The van der Waals surface area contributed by atoms with Crippen molar-refractivity contribution in [1.29, 1.82) is 0 Å². The van der Waals surface area contributed by atoms with Gasteiger partial charge in [-0.2, -0.15) is 17.0 Å². The number of hydrogen-bond acceptors (Lipinski definition) is 2. The molecule has 0 saturated carbocycles. The van der Waals surface area contributed by atoms with Crippen LogP contribution in [0.4, 0.5) is 0 Å². The molecule has 0 aromatic heterocycles. The number of alkyl halides is 1. The molecule has 1 heterocycles. The van der Waals surface area contributed by atoms with Crippen molar-refractivity contribution in [2.45, 2.75) is 25.8 Å². The van der Waals surface area contributed by atoms with Crippen LogP contribution in [0.5, 0.6) is 0 Å². The zero-order chi connectivity index (χ0) is 10.8. The highest BCUT2D eigenvalue weighted by Crippen LogP contribution is 2.17. The van der Waals surface area contributed by atoms with Gasteiger partial charge in [-0.3, -0.25) is 0 Å². The molecule has 1 atom stereocenters. The van der Waals surface area contributed by atoms with Crippen molar-refractivity contribution in [3.63, 3.8) is 0 Å². The molecule has 1 fully saturated rings. The van der Waals surface area contributed by atoms with E-state index in [9.17, 15) is 8.42 Å². The lowest BCUT2D eigenvalue weighted by molar-refractivity contribution is 0.361. The van der Waals surface area contributed by atoms with Gasteiger partial charge >= 0.3 is 0 Å². The molecule has 1 aliphatic heterocycles. The summed E-state index contributed by atoms with van der Waals surface area (Å²) in [6, 6.07) is -0.151. The van der Waals surface area contributed by atoms with E-state index in [1.165, 1.54) is 8.61 Å². The van der Waals surface area contributed by atoms with E-state index in [-0.39, 0.29) is 6.04 Å². The summed E-state index contributed by atoms with van der Waals surface area (Å²) in [7, 11) is -1.68. The molecular weight excluding hydrogens is 224 g/mol. The molecule has 4 nitrogen and oxygen atoms in total. The summed E-state index contributed by atoms with van der Waals surface area (Å²) in [5.74, 6) is 0.323. The molecule has 0 radical (unpaired) electrons. The fourth-order valence-corrected chi connectivity index (χ4v) is 3.33. The van der Waals surface area contributed by atoms with Gasteiger partial charge in [-0.1, -0.05) is 0 Å². The Balaban J connectivity index is 2.73. The van der Waals surface area contributed by atoms with E-state index in [1.54, 1.807) is 14.0 Å². The zero-order valence-electron chi connectivity index (χ0n) is 8.61. The van der Waals surface area contributed by atoms with E-state index in [0.717, 1.165) is 12.8 Å². The largest absolute Gasteiger partial charge is 0.282 e. The van der Waals surface area contributed by atoms with Crippen LogP contribution < -0.4 is 0 Å². The SMILES string of the molecule is CC(CCl)N(C)S(=O)(=O)N1CCCC1. The van der Waals surface area contributed by atoms with E-state index < -0.39 is 10.2 Å². The van der Waals surface area contributed by atoms with E-state index in [1.807, 2.05) is 0 Å². The Hall–Kier alpha value is 0.160. The van der Waals surface area contributed by atoms with Crippen molar-refractivity contribution in [1.82, 2.24) is 8.61 Å². The van der Waals surface area contributed by atoms with Gasteiger partial charge in [0.25, 0.3) is 10.2 Å². The highest BCUT2D eigenvalue weighted by Gasteiger charge is 2.31. The van der Waals surface area contributed by atoms with Gasteiger partial charge in [-0.15, -0.1) is 11.6 Å². The highest BCUT2D eigenvalue weighted by atomic mass is 35.5. The smallest absolute Gasteiger partial charge is 0.195 e. The minimum atomic E-state index is -3.27. The van der Waals surface area contributed by atoms with Crippen molar-refractivity contribution >= 4 is 21.8 Å². The summed E-state index contributed by atoms with van der Waals surface area (Å²) in [6.45, 7) is 3.09. The van der Waals surface area contributed by atoms with Crippen LogP contribution >= 0.6 is 11.6 Å². The average Bonchev–Trinajstić information content (AvgIpc) is 2.68. The van der Waals surface area contributed by atoms with Gasteiger partial charge in [0.05, 0.1) is 0 Å². The number of nitrogens with zero attached hydrogens (tertiary/aromatic N) is 2. The van der Waals surface area contributed by atoms with Crippen LogP contribution in [-0.2, 0) is 10.2 Å². The standard InChI is InChI=1S/C8H17ClN2O2S/c1-8(7-9)10(2)14(12,13)11-5-3-4-6-11/h8H,3-7H2,1-2H3. The van der Waals surface area contributed by atoms with Crippen molar-refractivity contribution in [2.75, 3.05) is 26.0 Å². The van der Waals surface area contributed by atoms with E-state index >= 15 is 0 Å². The minimum Gasteiger partial charge on any atom is -0.195 e. The zero-order valence-corrected chi connectivity index (χ0v) is 10.2. The van der Waals surface area contributed by atoms with Crippen LogP contribution in [-0.4, -0.2) is 49.1 Å². The molecule has 1 aliphatic rings. The number of rotatable bonds is 4. The molecular formula is C8H17ClN2O2S. The lowest BCUT2D eigenvalue weighted by atomic mass is 10.4. The summed E-state index contributed by atoms with van der Waals surface area (Å²) >= 11 is 5.63. The van der Waals surface area contributed by atoms with Gasteiger partial charge in [-0.25, -0.2) is 0 Å². The minimum absolute atomic E-state index is 0.151. The maximum Gasteiger partial charge on any atom is 0.282 e. The lowest BCUT2D eigenvalue weighted by Gasteiger charge is -2.27. The first-order valence-corrected chi connectivity index (χ1v) is 6.72. The summed E-state index contributed by atoms with van der Waals surface area (Å²) in [4.78, 5) is 0. The average molecular weight is 241 g/mol. The van der Waals surface area contributed by atoms with Crippen molar-refractivity contribution in [3.05, 3.63) is 0 Å². The summed E-state index contributed by atoms with van der Waals surface area (Å²) in [6.07, 6.45) is 1.92. The van der Waals surface area contributed by atoms with Crippen LogP contribution in [0.15, 0.2) is 0 Å². The predicted octanol–water partition coefficient (Wildman–Crippen LogP) is 0.886. The van der Waals surface area contributed by atoms with Crippen molar-refractivity contribution in [2.24, 2.45) is 0 Å². The second-order valence-electron chi connectivity index (χ2n) is 3.63.